The van der Waals surface area contributed by atoms with Gasteiger partial charge >= 0.3 is 6.03 Å². The van der Waals surface area contributed by atoms with Crippen LogP contribution in [0.3, 0.4) is 0 Å². The zero-order chi connectivity index (χ0) is 18.6. The molecule has 1 heterocycles. The smallest absolute Gasteiger partial charge is 0.317 e. The molecule has 0 unspecified atom stereocenters. The van der Waals surface area contributed by atoms with Gasteiger partial charge in [0.25, 0.3) is 0 Å². The lowest BCUT2D eigenvalue weighted by molar-refractivity contribution is 0.105. The van der Waals surface area contributed by atoms with E-state index in [4.69, 9.17) is 4.74 Å². The number of nitrogens with one attached hydrogen (secondary N) is 1. The third kappa shape index (κ3) is 4.57. The molecule has 2 fully saturated rings. The van der Waals surface area contributed by atoms with Crippen LogP contribution in [-0.2, 0) is 10.3 Å². The number of rotatable bonds is 7. The first kappa shape index (κ1) is 19.2. The molecule has 0 spiro atoms. The molecule has 0 aromatic heterocycles. The fraction of sp³-hybridized carbons (Fsp3) is 0.667. The summed E-state index contributed by atoms with van der Waals surface area (Å²) in [5.74, 6) is 0.546. The van der Waals surface area contributed by atoms with Crippen LogP contribution >= 0.6 is 0 Å². The van der Waals surface area contributed by atoms with Gasteiger partial charge in [-0.2, -0.15) is 0 Å². The normalized spacial score (nSPS) is 22.0. The first-order valence-corrected chi connectivity index (χ1v) is 9.85. The lowest BCUT2D eigenvalue weighted by Gasteiger charge is -2.35. The fourth-order valence-corrected chi connectivity index (χ4v) is 4.19. The highest BCUT2D eigenvalue weighted by atomic mass is 16.5. The van der Waals surface area contributed by atoms with E-state index in [9.17, 15) is 4.79 Å². The molecule has 0 bridgehead atoms. The number of hydrogen-bond acceptors (Lipinski definition) is 3. The molecule has 26 heavy (non-hydrogen) atoms. The van der Waals surface area contributed by atoms with Gasteiger partial charge in [0.2, 0.25) is 0 Å². The molecule has 2 aliphatic rings. The number of hydrogen-bond donors (Lipinski definition) is 1. The molecule has 1 saturated heterocycles. The summed E-state index contributed by atoms with van der Waals surface area (Å²) >= 11 is 0. The predicted octanol–water partition coefficient (Wildman–Crippen LogP) is 2.98. The predicted molar refractivity (Wildman–Crippen MR) is 104 cm³/mol. The third-order valence-electron chi connectivity index (χ3n) is 5.85. The monoisotopic (exact) mass is 359 g/mol. The Morgan fingerprint density at radius 1 is 1.38 bits per heavy atom. The molecule has 0 radical (unpaired) electrons. The van der Waals surface area contributed by atoms with Crippen LogP contribution in [0.5, 0.6) is 0 Å². The molecule has 2 amide bonds. The van der Waals surface area contributed by atoms with Crippen molar-refractivity contribution in [1.29, 1.82) is 0 Å². The molecule has 5 heteroatoms. The van der Waals surface area contributed by atoms with Gasteiger partial charge < -0.3 is 19.9 Å². The molecule has 1 atom stereocenters. The summed E-state index contributed by atoms with van der Waals surface area (Å²) in [6, 6.07) is 8.45. The van der Waals surface area contributed by atoms with E-state index in [2.05, 4.69) is 41.4 Å². The molecule has 1 aromatic rings. The van der Waals surface area contributed by atoms with Gasteiger partial charge in [0.1, 0.15) is 0 Å². The number of aryl methyl sites for hydroxylation is 1. The van der Waals surface area contributed by atoms with E-state index >= 15 is 0 Å². The van der Waals surface area contributed by atoms with Gasteiger partial charge in [0.05, 0.1) is 12.1 Å². The summed E-state index contributed by atoms with van der Waals surface area (Å²) in [6.07, 6.45) is 4.47. The molecule has 1 aliphatic carbocycles. The molecule has 5 nitrogen and oxygen atoms in total. The molecule has 1 saturated carbocycles. The molecular formula is C21H33N3O2. The highest BCUT2D eigenvalue weighted by molar-refractivity contribution is 5.75. The summed E-state index contributed by atoms with van der Waals surface area (Å²) in [5, 5.41) is 3.31. The summed E-state index contributed by atoms with van der Waals surface area (Å²) < 4.78 is 5.20. The van der Waals surface area contributed by atoms with E-state index in [0.29, 0.717) is 5.92 Å². The van der Waals surface area contributed by atoms with Crippen LogP contribution in [0.15, 0.2) is 24.3 Å². The Balaban J connectivity index is 1.53. The SMILES string of the molecule is COCCN1CCC[C@@H](CN(C)C(=O)NC2(c3ccccc3C)CC2)C1. The minimum Gasteiger partial charge on any atom is -0.383 e. The van der Waals surface area contributed by atoms with Crippen LogP contribution in [0.4, 0.5) is 4.79 Å². The number of carbonyl (C=O) groups is 1. The molecule has 144 valence electrons. The van der Waals surface area contributed by atoms with Crippen LogP contribution < -0.4 is 5.32 Å². The number of ether oxygens (including phenoxy) is 1. The highest BCUT2D eigenvalue weighted by Gasteiger charge is 2.46. The average Bonchev–Trinajstić information content (AvgIpc) is 3.41. The van der Waals surface area contributed by atoms with E-state index in [1.54, 1.807) is 7.11 Å². The summed E-state index contributed by atoms with van der Waals surface area (Å²) in [7, 11) is 3.68. The zero-order valence-corrected chi connectivity index (χ0v) is 16.5. The number of likely N-dealkylation sites (tertiary alicyclic amines) is 1. The van der Waals surface area contributed by atoms with Crippen LogP contribution in [0.1, 0.15) is 36.8 Å². The number of methoxy groups -OCH3 is 1. The fourth-order valence-electron chi connectivity index (χ4n) is 4.19. The zero-order valence-electron chi connectivity index (χ0n) is 16.5. The van der Waals surface area contributed by atoms with Gasteiger partial charge in [-0.05, 0) is 56.2 Å². The van der Waals surface area contributed by atoms with Gasteiger partial charge in [-0.1, -0.05) is 24.3 Å². The second-order valence-corrected chi connectivity index (χ2v) is 8.01. The van der Waals surface area contributed by atoms with E-state index in [1.165, 1.54) is 24.0 Å². The quantitative estimate of drug-likeness (QED) is 0.814. The third-order valence-corrected chi connectivity index (χ3v) is 5.85. The second kappa shape index (κ2) is 8.40. The lowest BCUT2D eigenvalue weighted by Crippen LogP contribution is -2.47. The van der Waals surface area contributed by atoms with Gasteiger partial charge in [0.15, 0.2) is 0 Å². The summed E-state index contributed by atoms with van der Waals surface area (Å²) in [6.45, 7) is 6.92. The minimum atomic E-state index is -0.145. The largest absolute Gasteiger partial charge is 0.383 e. The van der Waals surface area contributed by atoms with Crippen LogP contribution in [0.25, 0.3) is 0 Å². The van der Waals surface area contributed by atoms with E-state index in [0.717, 1.165) is 45.6 Å². The van der Waals surface area contributed by atoms with Gasteiger partial charge in [-0.15, -0.1) is 0 Å². The molecule has 1 N–H and O–H groups in total. The van der Waals surface area contributed by atoms with Crippen molar-refractivity contribution in [3.8, 4) is 0 Å². The van der Waals surface area contributed by atoms with Crippen molar-refractivity contribution in [3.05, 3.63) is 35.4 Å². The van der Waals surface area contributed by atoms with E-state index in [1.807, 2.05) is 11.9 Å². The number of piperidine rings is 1. The van der Waals surface area contributed by atoms with Crippen molar-refractivity contribution >= 4 is 6.03 Å². The van der Waals surface area contributed by atoms with Gasteiger partial charge in [0, 0.05) is 33.8 Å². The maximum atomic E-state index is 12.8. The number of benzene rings is 1. The number of amides is 2. The Labute approximate surface area is 157 Å². The van der Waals surface area contributed by atoms with Crippen LogP contribution in [0, 0.1) is 12.8 Å². The number of carbonyl (C=O) groups excluding carboxylic acids is 1. The van der Waals surface area contributed by atoms with Crippen molar-refractivity contribution < 1.29 is 9.53 Å². The standard InChI is InChI=1S/C21H33N3O2/c1-17-7-4-5-9-19(17)21(10-11-21)22-20(25)23(2)15-18-8-6-12-24(16-18)13-14-26-3/h4-5,7,9,18H,6,8,10-16H2,1-3H3,(H,22,25)/t18-/m0/s1. The Hall–Kier alpha value is -1.59. The van der Waals surface area contributed by atoms with Crippen LogP contribution in [0.2, 0.25) is 0 Å². The maximum absolute atomic E-state index is 12.8. The van der Waals surface area contributed by atoms with Crippen molar-refractivity contribution in [2.24, 2.45) is 5.92 Å². The Morgan fingerprint density at radius 2 is 2.15 bits per heavy atom. The Kier molecular flexibility index (Phi) is 6.20. The lowest BCUT2D eigenvalue weighted by atomic mass is 9.97. The topological polar surface area (TPSA) is 44.8 Å². The Bertz CT molecular complexity index is 615. The second-order valence-electron chi connectivity index (χ2n) is 8.01. The Morgan fingerprint density at radius 3 is 2.85 bits per heavy atom. The number of nitrogens with zero attached hydrogens (tertiary/aromatic N) is 2. The first-order valence-electron chi connectivity index (χ1n) is 9.85. The first-order chi connectivity index (χ1) is 12.5. The minimum absolute atomic E-state index is 0.0553. The van der Waals surface area contributed by atoms with Crippen molar-refractivity contribution in [3.63, 3.8) is 0 Å². The van der Waals surface area contributed by atoms with Gasteiger partial charge in [-0.3, -0.25) is 0 Å². The van der Waals surface area contributed by atoms with E-state index in [-0.39, 0.29) is 11.6 Å². The molecular weight excluding hydrogens is 326 g/mol. The molecule has 1 aromatic carbocycles. The van der Waals surface area contributed by atoms with Crippen molar-refractivity contribution in [2.45, 2.75) is 38.1 Å². The highest BCUT2D eigenvalue weighted by Crippen LogP contribution is 2.46. The summed E-state index contributed by atoms with van der Waals surface area (Å²) in [4.78, 5) is 17.1. The number of urea groups is 1. The van der Waals surface area contributed by atoms with Crippen molar-refractivity contribution in [1.82, 2.24) is 15.1 Å². The van der Waals surface area contributed by atoms with Crippen molar-refractivity contribution in [2.75, 3.05) is 46.9 Å². The average molecular weight is 360 g/mol. The summed E-state index contributed by atoms with van der Waals surface area (Å²) in [5.41, 5.74) is 2.38. The van der Waals surface area contributed by atoms with Gasteiger partial charge in [-0.25, -0.2) is 4.79 Å². The van der Waals surface area contributed by atoms with Crippen LogP contribution in [-0.4, -0.2) is 62.8 Å². The molecule has 3 rings (SSSR count). The van der Waals surface area contributed by atoms with E-state index < -0.39 is 0 Å². The maximum Gasteiger partial charge on any atom is 0.317 e. The molecule has 1 aliphatic heterocycles.